The summed E-state index contributed by atoms with van der Waals surface area (Å²) < 4.78 is 0. The van der Waals surface area contributed by atoms with Gasteiger partial charge in [0.2, 0.25) is 17.7 Å². The summed E-state index contributed by atoms with van der Waals surface area (Å²) in [5.74, 6) is -0.199. The molecule has 1 aliphatic carbocycles. The first-order valence-corrected chi connectivity index (χ1v) is 10.00. The summed E-state index contributed by atoms with van der Waals surface area (Å²) in [6, 6.07) is 7.02. The van der Waals surface area contributed by atoms with Crippen LogP contribution in [0.3, 0.4) is 0 Å². The third kappa shape index (κ3) is 4.61. The number of hydrogen-bond acceptors (Lipinski definition) is 3. The van der Waals surface area contributed by atoms with Crippen LogP contribution < -0.4 is 4.90 Å². The molecule has 0 spiro atoms. The van der Waals surface area contributed by atoms with Crippen LogP contribution in [0, 0.1) is 5.92 Å². The molecule has 27 heavy (non-hydrogen) atoms. The molecule has 1 aromatic carbocycles. The molecule has 0 aromatic heterocycles. The third-order valence-corrected chi connectivity index (χ3v) is 5.48. The first-order chi connectivity index (χ1) is 13.0. The summed E-state index contributed by atoms with van der Waals surface area (Å²) in [4.78, 5) is 42.6. The highest BCUT2D eigenvalue weighted by Gasteiger charge is 2.34. The van der Waals surface area contributed by atoms with Gasteiger partial charge in [0.25, 0.3) is 0 Å². The van der Waals surface area contributed by atoms with E-state index in [1.807, 2.05) is 6.92 Å². The minimum atomic E-state index is -0.187. The largest absolute Gasteiger partial charge is 0.333 e. The average Bonchev–Trinajstić information content (AvgIpc) is 3.30. The van der Waals surface area contributed by atoms with Gasteiger partial charge in [0.1, 0.15) is 13.2 Å². The van der Waals surface area contributed by atoms with Crippen molar-refractivity contribution in [1.82, 2.24) is 9.80 Å². The van der Waals surface area contributed by atoms with E-state index >= 15 is 0 Å². The predicted molar refractivity (Wildman–Crippen MR) is 104 cm³/mol. The van der Waals surface area contributed by atoms with Crippen molar-refractivity contribution in [2.75, 3.05) is 31.2 Å². The van der Waals surface area contributed by atoms with Crippen molar-refractivity contribution in [2.24, 2.45) is 5.92 Å². The average molecular weight is 392 g/mol. The first-order valence-electron chi connectivity index (χ1n) is 9.62. The second kappa shape index (κ2) is 8.74. The van der Waals surface area contributed by atoms with Crippen LogP contribution in [0.25, 0.3) is 0 Å². The van der Waals surface area contributed by atoms with Crippen molar-refractivity contribution >= 4 is 35.0 Å². The molecule has 2 aliphatic rings. The highest BCUT2D eigenvalue weighted by molar-refractivity contribution is 6.31. The van der Waals surface area contributed by atoms with Gasteiger partial charge in [-0.15, -0.1) is 0 Å². The molecule has 3 amide bonds. The van der Waals surface area contributed by atoms with Crippen molar-refractivity contribution in [2.45, 2.75) is 39.0 Å². The SMILES string of the molecule is CCCN(CC(=O)N1CC(=O)N(c2cccc(Cl)c2)C1)C(=O)C1CCCC1. The molecular formula is C20H26ClN3O3. The zero-order valence-corrected chi connectivity index (χ0v) is 16.5. The topological polar surface area (TPSA) is 60.9 Å². The zero-order chi connectivity index (χ0) is 19.4. The molecule has 1 saturated carbocycles. The molecule has 0 atom stereocenters. The van der Waals surface area contributed by atoms with Crippen LogP contribution in [0.5, 0.6) is 0 Å². The van der Waals surface area contributed by atoms with Crippen LogP contribution >= 0.6 is 11.6 Å². The van der Waals surface area contributed by atoms with Crippen molar-refractivity contribution in [3.63, 3.8) is 0 Å². The number of amides is 3. The summed E-state index contributed by atoms with van der Waals surface area (Å²) in [5, 5.41) is 0.543. The molecule has 146 valence electrons. The predicted octanol–water partition coefficient (Wildman–Crippen LogP) is 2.90. The Kier molecular flexibility index (Phi) is 6.37. The summed E-state index contributed by atoms with van der Waals surface area (Å²) in [5.41, 5.74) is 0.676. The Bertz CT molecular complexity index is 718. The fourth-order valence-corrected chi connectivity index (χ4v) is 4.00. The van der Waals surface area contributed by atoms with Gasteiger partial charge in [-0.2, -0.15) is 0 Å². The molecule has 0 N–H and O–H groups in total. The van der Waals surface area contributed by atoms with Crippen molar-refractivity contribution in [1.29, 1.82) is 0 Å². The minimum Gasteiger partial charge on any atom is -0.333 e. The van der Waals surface area contributed by atoms with E-state index < -0.39 is 0 Å². The number of halogens is 1. The Morgan fingerprint density at radius 3 is 2.67 bits per heavy atom. The van der Waals surface area contributed by atoms with Crippen LogP contribution in [0.15, 0.2) is 24.3 Å². The number of benzene rings is 1. The lowest BCUT2D eigenvalue weighted by molar-refractivity contribution is -0.142. The molecule has 0 radical (unpaired) electrons. The van der Waals surface area contributed by atoms with Crippen molar-refractivity contribution < 1.29 is 14.4 Å². The van der Waals surface area contributed by atoms with E-state index in [1.165, 1.54) is 4.90 Å². The van der Waals surface area contributed by atoms with Crippen LogP contribution in [-0.2, 0) is 14.4 Å². The van der Waals surface area contributed by atoms with E-state index in [0.29, 0.717) is 17.3 Å². The van der Waals surface area contributed by atoms with Gasteiger partial charge in [0, 0.05) is 23.2 Å². The lowest BCUT2D eigenvalue weighted by atomic mass is 10.1. The molecule has 6 nitrogen and oxygen atoms in total. The van der Waals surface area contributed by atoms with E-state index in [1.54, 1.807) is 34.1 Å². The number of anilines is 1. The lowest BCUT2D eigenvalue weighted by Gasteiger charge is -2.27. The Morgan fingerprint density at radius 1 is 1.26 bits per heavy atom. The van der Waals surface area contributed by atoms with Crippen LogP contribution in [-0.4, -0.2) is 53.8 Å². The highest BCUT2D eigenvalue weighted by Crippen LogP contribution is 2.27. The Balaban J connectivity index is 1.64. The van der Waals surface area contributed by atoms with Gasteiger partial charge in [-0.05, 0) is 37.5 Å². The summed E-state index contributed by atoms with van der Waals surface area (Å²) in [7, 11) is 0. The molecule has 1 saturated heterocycles. The summed E-state index contributed by atoms with van der Waals surface area (Å²) >= 11 is 6.01. The maximum atomic E-state index is 12.8. The highest BCUT2D eigenvalue weighted by atomic mass is 35.5. The first kappa shape index (κ1) is 19.7. The van der Waals surface area contributed by atoms with Crippen LogP contribution in [0.1, 0.15) is 39.0 Å². The molecule has 7 heteroatoms. The maximum Gasteiger partial charge on any atom is 0.248 e. The Labute approximate surface area is 165 Å². The van der Waals surface area contributed by atoms with Crippen molar-refractivity contribution in [3.05, 3.63) is 29.3 Å². The van der Waals surface area contributed by atoms with Gasteiger partial charge >= 0.3 is 0 Å². The number of carbonyl (C=O) groups is 3. The second-order valence-corrected chi connectivity index (χ2v) is 7.71. The van der Waals surface area contributed by atoms with Crippen molar-refractivity contribution in [3.8, 4) is 0 Å². The lowest BCUT2D eigenvalue weighted by Crippen LogP contribution is -2.44. The summed E-state index contributed by atoms with van der Waals surface area (Å²) in [6.45, 7) is 2.83. The van der Waals surface area contributed by atoms with Gasteiger partial charge < -0.3 is 9.80 Å². The number of rotatable bonds is 6. The van der Waals surface area contributed by atoms with Crippen LogP contribution in [0.4, 0.5) is 5.69 Å². The molecule has 2 fully saturated rings. The number of hydrogen-bond donors (Lipinski definition) is 0. The zero-order valence-electron chi connectivity index (χ0n) is 15.7. The van der Waals surface area contributed by atoms with E-state index in [0.717, 1.165) is 32.1 Å². The van der Waals surface area contributed by atoms with E-state index in [-0.39, 0.29) is 43.4 Å². The minimum absolute atomic E-state index is 0.0307. The molecule has 0 bridgehead atoms. The van der Waals surface area contributed by atoms with Gasteiger partial charge in [0.05, 0.1) is 6.54 Å². The molecule has 1 aliphatic heterocycles. The summed E-state index contributed by atoms with van der Waals surface area (Å²) in [6.07, 6.45) is 4.80. The fraction of sp³-hybridized carbons (Fsp3) is 0.550. The molecule has 1 aromatic rings. The van der Waals surface area contributed by atoms with E-state index in [2.05, 4.69) is 0 Å². The Morgan fingerprint density at radius 2 is 2.00 bits per heavy atom. The molecule has 0 unspecified atom stereocenters. The smallest absolute Gasteiger partial charge is 0.248 e. The maximum absolute atomic E-state index is 12.8. The second-order valence-electron chi connectivity index (χ2n) is 7.28. The third-order valence-electron chi connectivity index (χ3n) is 5.25. The van der Waals surface area contributed by atoms with E-state index in [4.69, 9.17) is 11.6 Å². The molecular weight excluding hydrogens is 366 g/mol. The molecule has 3 rings (SSSR count). The van der Waals surface area contributed by atoms with Crippen LogP contribution in [0.2, 0.25) is 5.02 Å². The fourth-order valence-electron chi connectivity index (χ4n) is 3.82. The van der Waals surface area contributed by atoms with Gasteiger partial charge in [-0.25, -0.2) is 0 Å². The quantitative estimate of drug-likeness (QED) is 0.749. The monoisotopic (exact) mass is 391 g/mol. The van der Waals surface area contributed by atoms with Gasteiger partial charge in [-0.3, -0.25) is 19.3 Å². The standard InChI is InChI=1S/C20H26ClN3O3/c1-2-10-22(20(27)15-6-3-4-7-15)12-18(25)23-13-19(26)24(14-23)17-9-5-8-16(21)11-17/h5,8-9,11,15H,2-4,6-7,10,12-14H2,1H3. The number of nitrogens with zero attached hydrogens (tertiary/aromatic N) is 3. The Hall–Kier alpha value is -2.08. The van der Waals surface area contributed by atoms with Gasteiger partial charge in [-0.1, -0.05) is 37.4 Å². The normalized spacial score (nSPS) is 17.6. The molecule has 1 heterocycles. The number of carbonyl (C=O) groups excluding carboxylic acids is 3. The van der Waals surface area contributed by atoms with Gasteiger partial charge in [0.15, 0.2) is 0 Å². The van der Waals surface area contributed by atoms with E-state index in [9.17, 15) is 14.4 Å².